The molecule has 480 valence electrons. The van der Waals surface area contributed by atoms with Crippen molar-refractivity contribution in [1.29, 1.82) is 0 Å². The molecular formula is C76H126CaO6S2. The molecule has 4 rings (SSSR count). The van der Waals surface area contributed by atoms with Gasteiger partial charge in [0.05, 0.1) is 9.79 Å². The molecule has 0 N–H and O–H groups in total. The first-order valence-corrected chi connectivity index (χ1v) is 38.8. The molecule has 0 aliphatic rings. The molecule has 0 saturated heterocycles. The summed E-state index contributed by atoms with van der Waals surface area (Å²) in [6.45, 7) is 9.06. The topological polar surface area (TPSA) is 114 Å². The Hall–Kier alpha value is -1.52. The third kappa shape index (κ3) is 36.8. The Morgan fingerprint density at radius 2 is 0.435 bits per heavy atom. The summed E-state index contributed by atoms with van der Waals surface area (Å²) in [5.74, 6) is 0. The van der Waals surface area contributed by atoms with Crippen molar-refractivity contribution in [2.45, 2.75) is 371 Å². The van der Waals surface area contributed by atoms with Gasteiger partial charge in [-0.1, -0.05) is 371 Å². The van der Waals surface area contributed by atoms with Crippen LogP contribution in [0.5, 0.6) is 0 Å². The molecule has 0 heterocycles. The third-order valence-electron chi connectivity index (χ3n) is 18.0. The van der Waals surface area contributed by atoms with Crippen molar-refractivity contribution < 1.29 is 25.9 Å². The molecule has 9 heteroatoms. The van der Waals surface area contributed by atoms with Gasteiger partial charge in [-0.25, -0.2) is 16.8 Å². The zero-order chi connectivity index (χ0) is 60.6. The Morgan fingerprint density at radius 1 is 0.247 bits per heavy atom. The smallest absolute Gasteiger partial charge is 0.744 e. The Bertz CT molecular complexity index is 2300. The van der Waals surface area contributed by atoms with Gasteiger partial charge in [0.15, 0.2) is 0 Å². The Kier molecular flexibility index (Phi) is 48.8. The first-order valence-electron chi connectivity index (χ1n) is 36.0. The van der Waals surface area contributed by atoms with E-state index in [1.54, 1.807) is 0 Å². The molecule has 0 spiro atoms. The van der Waals surface area contributed by atoms with E-state index in [9.17, 15) is 25.9 Å². The molecule has 0 bridgehead atoms. The maximum absolute atomic E-state index is 12.6. The van der Waals surface area contributed by atoms with E-state index in [2.05, 4.69) is 27.7 Å². The molecule has 0 saturated carbocycles. The zero-order valence-electron chi connectivity index (χ0n) is 55.5. The molecule has 0 aliphatic carbocycles. The fourth-order valence-electron chi connectivity index (χ4n) is 12.9. The second-order valence-electron chi connectivity index (χ2n) is 25.6. The molecule has 4 aromatic carbocycles. The number of rotatable bonds is 54. The molecule has 0 aromatic heterocycles. The van der Waals surface area contributed by atoms with Crippen molar-refractivity contribution in [3.05, 3.63) is 82.9 Å². The minimum atomic E-state index is -4.55. The van der Waals surface area contributed by atoms with Gasteiger partial charge in [0.1, 0.15) is 20.2 Å². The van der Waals surface area contributed by atoms with Crippen molar-refractivity contribution in [3.63, 3.8) is 0 Å². The largest absolute Gasteiger partial charge is 2.00 e. The molecule has 0 atom stereocenters. The molecular weight excluding hydrogens is 1110 g/mol. The summed E-state index contributed by atoms with van der Waals surface area (Å²) in [5, 5.41) is 3.12. The number of benzene rings is 4. The molecule has 85 heavy (non-hydrogen) atoms. The van der Waals surface area contributed by atoms with Crippen LogP contribution in [0.4, 0.5) is 0 Å². The van der Waals surface area contributed by atoms with Gasteiger partial charge in [0, 0.05) is 10.8 Å². The van der Waals surface area contributed by atoms with Gasteiger partial charge in [0.2, 0.25) is 0 Å². The Balaban J connectivity index is 0.000000573. The van der Waals surface area contributed by atoms with Crippen molar-refractivity contribution in [1.82, 2.24) is 0 Å². The summed E-state index contributed by atoms with van der Waals surface area (Å²) >= 11 is 0. The van der Waals surface area contributed by atoms with Crippen LogP contribution in [-0.4, -0.2) is 63.7 Å². The van der Waals surface area contributed by atoms with Gasteiger partial charge in [-0.3, -0.25) is 0 Å². The normalized spacial score (nSPS) is 11.8. The van der Waals surface area contributed by atoms with Crippen LogP contribution in [0.15, 0.2) is 70.5 Å². The molecule has 0 aliphatic heterocycles. The Morgan fingerprint density at radius 3 is 0.635 bits per heavy atom. The SMILES string of the molecule is CCCCCCCCCCCCCCc1ccc2cccc(CCCCCCCCCCCCCC)c2c1S(=O)(=O)[O-].CCCCCCCCCCCCCCc1ccc2cccc(CCCCCCCCCCCCCC)c2c1S(=O)(=O)[O-].[Ca+2]. The quantitative estimate of drug-likeness (QED) is 0.0247. The summed E-state index contributed by atoms with van der Waals surface area (Å²) in [6, 6.07) is 19.8. The van der Waals surface area contributed by atoms with Gasteiger partial charge >= 0.3 is 37.7 Å². The standard InChI is InChI=1S/2C38H64O3S.Ca/c2*1-3-5-7-9-11-13-15-17-19-21-23-25-28-34-30-27-31-35-32-33-36(38(37(34)35)42(39,40)41)29-26-24-22-20-18-16-14-12-10-8-6-4-2;/h2*27,30-33H,3-26,28-29H2,1-2H3,(H,39,40,41);/q;;+2/p-2. The van der Waals surface area contributed by atoms with E-state index in [4.69, 9.17) is 0 Å². The second kappa shape index (κ2) is 52.1. The zero-order valence-corrected chi connectivity index (χ0v) is 59.4. The van der Waals surface area contributed by atoms with Gasteiger partial charge in [-0.15, -0.1) is 0 Å². The molecule has 0 amide bonds. The van der Waals surface area contributed by atoms with Crippen molar-refractivity contribution in [2.24, 2.45) is 0 Å². The van der Waals surface area contributed by atoms with E-state index in [0.29, 0.717) is 34.7 Å². The van der Waals surface area contributed by atoms with E-state index >= 15 is 0 Å². The molecule has 0 radical (unpaired) electrons. The number of aryl methyl sites for hydroxylation is 4. The van der Waals surface area contributed by atoms with Crippen LogP contribution in [0.2, 0.25) is 0 Å². The molecule has 6 nitrogen and oxygen atoms in total. The van der Waals surface area contributed by atoms with Gasteiger partial charge in [-0.2, -0.15) is 0 Å². The van der Waals surface area contributed by atoms with Crippen LogP contribution in [-0.2, 0) is 45.9 Å². The first kappa shape index (κ1) is 79.6. The predicted molar refractivity (Wildman–Crippen MR) is 369 cm³/mol. The van der Waals surface area contributed by atoms with E-state index < -0.39 is 20.2 Å². The van der Waals surface area contributed by atoms with Gasteiger partial charge < -0.3 is 9.11 Å². The summed E-state index contributed by atoms with van der Waals surface area (Å²) in [7, 11) is -9.11. The van der Waals surface area contributed by atoms with Gasteiger partial charge in [0.25, 0.3) is 0 Å². The number of hydrogen-bond acceptors (Lipinski definition) is 6. The van der Waals surface area contributed by atoms with Crippen LogP contribution in [0.1, 0.15) is 358 Å². The number of fused-ring (bicyclic) bond motifs is 2. The van der Waals surface area contributed by atoms with Crippen LogP contribution in [0.3, 0.4) is 0 Å². The first-order chi connectivity index (χ1) is 41.0. The van der Waals surface area contributed by atoms with Crippen molar-refractivity contribution in [3.8, 4) is 0 Å². The van der Waals surface area contributed by atoms with Gasteiger partial charge in [-0.05, 0) is 84.4 Å². The monoisotopic (exact) mass is 1240 g/mol. The second-order valence-corrected chi connectivity index (χ2v) is 28.2. The fraction of sp³-hybridized carbons (Fsp3) is 0.737. The molecule has 0 fully saturated rings. The summed E-state index contributed by atoms with van der Waals surface area (Å²) in [5.41, 5.74) is 3.47. The number of unbranched alkanes of at least 4 members (excludes halogenated alkanes) is 44. The predicted octanol–water partition coefficient (Wildman–Crippen LogP) is 24.1. The van der Waals surface area contributed by atoms with Crippen LogP contribution >= 0.6 is 0 Å². The minimum Gasteiger partial charge on any atom is -0.744 e. The third-order valence-corrected chi connectivity index (χ3v) is 20.0. The minimum absolute atomic E-state index is 0. The number of hydrogen-bond donors (Lipinski definition) is 0. The van der Waals surface area contributed by atoms with Crippen molar-refractivity contribution >= 4 is 79.5 Å². The Labute approximate surface area is 555 Å². The fourth-order valence-corrected chi connectivity index (χ4v) is 14.9. The van der Waals surface area contributed by atoms with E-state index in [1.807, 2.05) is 60.7 Å². The summed E-state index contributed by atoms with van der Waals surface area (Å²) < 4.78 is 75.3. The van der Waals surface area contributed by atoms with Crippen molar-refractivity contribution in [2.75, 3.05) is 0 Å². The van der Waals surface area contributed by atoms with E-state index in [-0.39, 0.29) is 47.5 Å². The molecule has 4 aromatic rings. The maximum atomic E-state index is 12.6. The average Bonchev–Trinajstić information content (AvgIpc) is 1.35. The summed E-state index contributed by atoms with van der Waals surface area (Å²) in [4.78, 5) is 0.107. The maximum Gasteiger partial charge on any atom is 2.00 e. The molecule has 0 unspecified atom stereocenters. The van der Waals surface area contributed by atoms with E-state index in [1.165, 1.54) is 257 Å². The summed E-state index contributed by atoms with van der Waals surface area (Å²) in [6.07, 6.45) is 64.7. The van der Waals surface area contributed by atoms with Crippen LogP contribution in [0.25, 0.3) is 21.5 Å². The van der Waals surface area contributed by atoms with Crippen LogP contribution < -0.4 is 0 Å². The van der Waals surface area contributed by atoms with Crippen LogP contribution in [0, 0.1) is 0 Å². The van der Waals surface area contributed by atoms with E-state index in [0.717, 1.165) is 86.1 Å². The average molecular weight is 1240 g/mol.